The highest BCUT2D eigenvalue weighted by atomic mass is 15.3. The van der Waals surface area contributed by atoms with Gasteiger partial charge in [-0.05, 0) is 61.7 Å². The fourth-order valence-electron chi connectivity index (χ4n) is 4.89. The average molecular weight is 404 g/mol. The summed E-state index contributed by atoms with van der Waals surface area (Å²) < 4.78 is 2.21. The van der Waals surface area contributed by atoms with Gasteiger partial charge >= 0.3 is 6.98 Å². The van der Waals surface area contributed by atoms with Crippen LogP contribution in [0.2, 0.25) is 0 Å². The highest BCUT2D eigenvalue weighted by Crippen LogP contribution is 2.47. The van der Waals surface area contributed by atoms with E-state index >= 15 is 0 Å². The zero-order valence-electron chi connectivity index (χ0n) is 18.6. The molecule has 0 saturated heterocycles. The second kappa shape index (κ2) is 7.62. The van der Waals surface area contributed by atoms with Crippen LogP contribution in [0.5, 0.6) is 0 Å². The third-order valence-electron chi connectivity index (χ3n) is 6.32. The molecule has 0 unspecified atom stereocenters. The molecule has 0 spiro atoms. The van der Waals surface area contributed by atoms with E-state index < -0.39 is 0 Å². The second-order valence-corrected chi connectivity index (χ2v) is 8.37. The van der Waals surface area contributed by atoms with Crippen LogP contribution in [0, 0.1) is 20.8 Å². The Hall–Kier alpha value is -3.53. The molecule has 2 heterocycles. The number of aryl methyl sites for hydroxylation is 4. The molecule has 1 aliphatic rings. The number of aromatic nitrogens is 1. The first-order valence-electron chi connectivity index (χ1n) is 10.8. The van der Waals surface area contributed by atoms with E-state index in [1.54, 1.807) is 0 Å². The van der Waals surface area contributed by atoms with E-state index in [0.717, 1.165) is 0 Å². The number of para-hydroxylation sites is 2. The number of hydrogen-bond donors (Lipinski definition) is 0. The SMILES string of the molecule is Cc1cccc(C)c1B1N(c2ccccc2)c2cccc(C)c2N1c1cccc[n+]1C. The topological polar surface area (TPSA) is 10.4 Å². The zero-order valence-corrected chi connectivity index (χ0v) is 18.6. The Labute approximate surface area is 185 Å². The second-order valence-electron chi connectivity index (χ2n) is 8.37. The van der Waals surface area contributed by atoms with Gasteiger partial charge in [0.2, 0.25) is 0 Å². The van der Waals surface area contributed by atoms with Gasteiger partial charge in [-0.1, -0.05) is 54.6 Å². The quantitative estimate of drug-likeness (QED) is 0.347. The fourth-order valence-corrected chi connectivity index (χ4v) is 4.89. The molecule has 3 nitrogen and oxygen atoms in total. The van der Waals surface area contributed by atoms with E-state index in [1.807, 2.05) is 0 Å². The summed E-state index contributed by atoms with van der Waals surface area (Å²) in [5, 5.41) is 0. The van der Waals surface area contributed by atoms with Crippen molar-refractivity contribution in [2.45, 2.75) is 20.8 Å². The lowest BCUT2D eigenvalue weighted by Gasteiger charge is -2.27. The molecule has 0 N–H and O–H groups in total. The van der Waals surface area contributed by atoms with Crippen LogP contribution in [0.15, 0.2) is 91.1 Å². The number of benzene rings is 3. The molecule has 0 fully saturated rings. The largest absolute Gasteiger partial charge is 0.542 e. The summed E-state index contributed by atoms with van der Waals surface area (Å²) in [7, 11) is 2.13. The molecule has 152 valence electrons. The lowest BCUT2D eigenvalue weighted by atomic mass is 9.61. The van der Waals surface area contributed by atoms with Crippen molar-refractivity contribution >= 4 is 35.3 Å². The van der Waals surface area contributed by atoms with Crippen molar-refractivity contribution in [2.75, 3.05) is 9.62 Å². The van der Waals surface area contributed by atoms with Crippen LogP contribution < -0.4 is 19.7 Å². The molecule has 0 amide bonds. The molecule has 0 saturated carbocycles. The molecule has 0 aliphatic carbocycles. The molecule has 5 rings (SSSR count). The molecule has 1 aliphatic heterocycles. The summed E-state index contributed by atoms with van der Waals surface area (Å²) in [5.74, 6) is 1.17. The molecular formula is C27H27BN3+. The normalized spacial score (nSPS) is 13.0. The molecule has 4 heteroatoms. The van der Waals surface area contributed by atoms with E-state index in [9.17, 15) is 0 Å². The number of anilines is 4. The van der Waals surface area contributed by atoms with Crippen molar-refractivity contribution in [1.29, 1.82) is 0 Å². The molecule has 0 bridgehead atoms. The summed E-state index contributed by atoms with van der Waals surface area (Å²) in [6.07, 6.45) is 2.13. The maximum Gasteiger partial charge on any atom is 0.542 e. The van der Waals surface area contributed by atoms with Gasteiger partial charge in [-0.25, -0.2) is 4.57 Å². The van der Waals surface area contributed by atoms with Gasteiger partial charge in [0.15, 0.2) is 0 Å². The number of hydrogen-bond acceptors (Lipinski definition) is 2. The van der Waals surface area contributed by atoms with Crippen LogP contribution >= 0.6 is 0 Å². The highest BCUT2D eigenvalue weighted by Gasteiger charge is 2.52. The van der Waals surface area contributed by atoms with Crippen LogP contribution in [0.3, 0.4) is 0 Å². The Morgan fingerprint density at radius 1 is 0.645 bits per heavy atom. The molecule has 0 radical (unpaired) electrons. The van der Waals surface area contributed by atoms with E-state index in [1.165, 1.54) is 45.0 Å². The maximum atomic E-state index is 2.51. The summed E-state index contributed by atoms with van der Waals surface area (Å²) in [4.78, 5) is 5.00. The van der Waals surface area contributed by atoms with Gasteiger partial charge in [0, 0.05) is 17.2 Å². The summed E-state index contributed by atoms with van der Waals surface area (Å²) >= 11 is 0. The van der Waals surface area contributed by atoms with E-state index in [4.69, 9.17) is 0 Å². The van der Waals surface area contributed by atoms with Crippen LogP contribution in [-0.2, 0) is 7.05 Å². The fraction of sp³-hybridized carbons (Fsp3) is 0.148. The van der Waals surface area contributed by atoms with Gasteiger partial charge in [0.05, 0.1) is 18.9 Å². The predicted octanol–water partition coefficient (Wildman–Crippen LogP) is 5.12. The minimum atomic E-state index is 0.0216. The summed E-state index contributed by atoms with van der Waals surface area (Å²) in [5.41, 5.74) is 8.94. The van der Waals surface area contributed by atoms with Crippen LogP contribution in [0.25, 0.3) is 0 Å². The first-order chi connectivity index (χ1) is 15.1. The van der Waals surface area contributed by atoms with E-state index in [-0.39, 0.29) is 6.98 Å². The Kier molecular flexibility index (Phi) is 4.78. The van der Waals surface area contributed by atoms with Crippen molar-refractivity contribution < 1.29 is 4.57 Å². The maximum absolute atomic E-state index is 2.51. The van der Waals surface area contributed by atoms with Crippen molar-refractivity contribution in [3.8, 4) is 0 Å². The van der Waals surface area contributed by atoms with Crippen molar-refractivity contribution in [3.63, 3.8) is 0 Å². The average Bonchev–Trinajstić information content (AvgIpc) is 3.10. The Bertz CT molecular complexity index is 1230. The number of nitrogens with zero attached hydrogens (tertiary/aromatic N) is 3. The summed E-state index contributed by atoms with van der Waals surface area (Å²) in [6.45, 7) is 6.69. The molecule has 3 aromatic carbocycles. The highest BCUT2D eigenvalue weighted by molar-refractivity contribution is 6.85. The van der Waals surface area contributed by atoms with Crippen molar-refractivity contribution in [2.24, 2.45) is 7.05 Å². The van der Waals surface area contributed by atoms with Gasteiger partial charge in [0.25, 0.3) is 5.82 Å². The van der Waals surface area contributed by atoms with Crippen LogP contribution in [0.4, 0.5) is 22.9 Å². The summed E-state index contributed by atoms with van der Waals surface area (Å²) in [6, 6.07) is 30.4. The number of pyridine rings is 1. The molecule has 1 aromatic heterocycles. The smallest absolute Gasteiger partial charge is 0.336 e. The van der Waals surface area contributed by atoms with Crippen molar-refractivity contribution in [3.05, 3.63) is 108 Å². The number of rotatable bonds is 3. The first-order valence-corrected chi connectivity index (χ1v) is 10.8. The lowest BCUT2D eigenvalue weighted by molar-refractivity contribution is -0.658. The minimum Gasteiger partial charge on any atom is -0.336 e. The lowest BCUT2D eigenvalue weighted by Crippen LogP contribution is -2.57. The zero-order chi connectivity index (χ0) is 21.5. The predicted molar refractivity (Wildman–Crippen MR) is 131 cm³/mol. The Balaban J connectivity index is 1.87. The molecular weight excluding hydrogens is 377 g/mol. The third-order valence-corrected chi connectivity index (χ3v) is 6.32. The van der Waals surface area contributed by atoms with E-state index in [0.29, 0.717) is 0 Å². The number of fused-ring (bicyclic) bond motifs is 1. The Morgan fingerprint density at radius 2 is 1.29 bits per heavy atom. The van der Waals surface area contributed by atoms with Gasteiger partial charge in [-0.3, -0.25) is 4.81 Å². The molecule has 31 heavy (non-hydrogen) atoms. The standard InChI is InChI=1S/C27H27BN3/c1-20-12-10-13-21(2)26(20)28-30(23-15-6-5-7-16-23)24-17-11-14-22(3)27(24)31(28)25-18-8-9-19-29(25)4/h5-19H,1-4H3/q+1. The van der Waals surface area contributed by atoms with Gasteiger partial charge in [-0.15, -0.1) is 0 Å². The van der Waals surface area contributed by atoms with Crippen molar-refractivity contribution in [1.82, 2.24) is 0 Å². The third kappa shape index (κ3) is 3.10. The van der Waals surface area contributed by atoms with Crippen LogP contribution in [-0.4, -0.2) is 6.98 Å². The van der Waals surface area contributed by atoms with Crippen LogP contribution in [0.1, 0.15) is 16.7 Å². The molecule has 4 aromatic rings. The van der Waals surface area contributed by atoms with E-state index in [2.05, 4.69) is 133 Å². The first kappa shape index (κ1) is 19.4. The molecule has 0 atom stereocenters. The minimum absolute atomic E-state index is 0.0216. The van der Waals surface area contributed by atoms with Gasteiger partial charge < -0.3 is 4.81 Å². The van der Waals surface area contributed by atoms with Gasteiger partial charge in [0.1, 0.15) is 5.69 Å². The Morgan fingerprint density at radius 3 is 2.00 bits per heavy atom. The monoisotopic (exact) mass is 404 g/mol. The van der Waals surface area contributed by atoms with Gasteiger partial charge in [-0.2, -0.15) is 0 Å².